The number of thiophene rings is 2. The van der Waals surface area contributed by atoms with Crippen molar-refractivity contribution in [2.24, 2.45) is 38.4 Å². The molecule has 7 heteroatoms. The number of benzene rings is 5. The van der Waals surface area contributed by atoms with Crippen molar-refractivity contribution >= 4 is 44.2 Å². The van der Waals surface area contributed by atoms with Crippen molar-refractivity contribution < 1.29 is 13.2 Å². The molecule has 0 radical (unpaired) electrons. The highest BCUT2D eigenvalue weighted by atomic mass is 32.1. The van der Waals surface area contributed by atoms with Crippen molar-refractivity contribution in [2.45, 2.75) is 332 Å². The largest absolute Gasteiger partial charge is 0.394 e. The Morgan fingerprint density at radius 2 is 0.786 bits per heavy atom. The highest BCUT2D eigenvalue weighted by Gasteiger charge is 2.47. The fraction of sp³-hybridized carbons (Fsp3) is 0.594. The summed E-state index contributed by atoms with van der Waals surface area (Å²) in [6.07, 6.45) is 21.8. The Hall–Kier alpha value is -4.82. The van der Waals surface area contributed by atoms with Crippen molar-refractivity contribution in [3.8, 4) is 0 Å². The summed E-state index contributed by atoms with van der Waals surface area (Å²) in [4.78, 5) is 9.46. The van der Waals surface area contributed by atoms with Gasteiger partial charge in [0.2, 0.25) is 0 Å². The van der Waals surface area contributed by atoms with Crippen LogP contribution in [0.25, 0.3) is 10.2 Å². The first kappa shape index (κ1) is 87.1. The number of fused-ring (bicyclic) bond motifs is 1. The van der Waals surface area contributed by atoms with Gasteiger partial charge in [-0.25, -0.2) is 4.98 Å². The Bertz CT molecular complexity index is 3810. The van der Waals surface area contributed by atoms with E-state index in [1.54, 1.807) is 28.3 Å². The van der Waals surface area contributed by atoms with Crippen LogP contribution in [-0.4, -0.2) is 11.2 Å². The number of hydrogen-bond acceptors (Lipinski definition) is 4. The molecule has 568 valence electrons. The first-order valence-electron chi connectivity index (χ1n) is 39.6. The Morgan fingerprint density at radius 3 is 1.20 bits per heavy atom. The van der Waals surface area contributed by atoms with E-state index in [1.807, 2.05) is 35.7 Å². The highest BCUT2D eigenvalue weighted by Crippen LogP contribution is 2.46. The summed E-state index contributed by atoms with van der Waals surface area (Å²) in [7, 11) is 0. The first-order chi connectivity index (χ1) is 47.7. The smallest absolute Gasteiger partial charge is 0.241 e. The van der Waals surface area contributed by atoms with Crippen molar-refractivity contribution in [3.05, 3.63) is 212 Å². The van der Waals surface area contributed by atoms with Gasteiger partial charge in [0.25, 0.3) is 0 Å². The minimum absolute atomic E-state index is 0.0645. The Morgan fingerprint density at radius 1 is 0.388 bits per heavy atom. The Kier molecular flexibility index (Phi) is 32.0. The standard InChI is InChI=1S/C17H26.C16H24.2C15H22.C13H17NS.C10H13F3S.C10H16S/c1-12-10-16(11-13(2)14(12)3)15-6-8-17(4,5)9-7-15;1-12-5-6-15(11-13(12)2)14-7-9-16(3,4)10-8-14;1-12-4-6-13(7-5-12)14-8-10-15(2,3)11-9-14;1-11-8-15(9-12(2)13(11)3)10-14-6-4-5-7-14;1-9-5-6-11-10(7-9)14-12(15-11)8-13(2,3)4;1-7-4-5-8(14-7)6-9(2,3)10(11,12)13;1-8-5-6-9(11-8)7-10(2,3)4/h10-11,15H,6-9H2,1-5H3;5-6,11,14H,7-10H2,1-4H3;4-7,14H,8-11H2,1-3H3;8-9,14H,4-7,10H2,1-3H3;5-7H,8H2,1-4H3;4-5H,6H2,1-3H3;5-6H,7H2,1-4H3. The van der Waals surface area contributed by atoms with E-state index in [1.165, 1.54) is 216 Å². The van der Waals surface area contributed by atoms with E-state index in [2.05, 4.69) is 261 Å². The van der Waals surface area contributed by atoms with Gasteiger partial charge in [0.1, 0.15) is 0 Å². The molecule has 4 aliphatic carbocycles. The summed E-state index contributed by atoms with van der Waals surface area (Å²) in [6.45, 7) is 56.7. The Labute approximate surface area is 640 Å². The van der Waals surface area contributed by atoms with E-state index in [-0.39, 0.29) is 6.42 Å². The predicted octanol–water partition coefficient (Wildman–Crippen LogP) is 31.3. The summed E-state index contributed by atoms with van der Waals surface area (Å²) in [5.41, 5.74) is 22.6. The zero-order chi connectivity index (χ0) is 76.6. The van der Waals surface area contributed by atoms with Gasteiger partial charge >= 0.3 is 6.18 Å². The lowest BCUT2D eigenvalue weighted by Crippen LogP contribution is -2.33. The van der Waals surface area contributed by atoms with Crippen LogP contribution in [0.1, 0.15) is 320 Å². The van der Waals surface area contributed by atoms with Gasteiger partial charge in [-0.1, -0.05) is 201 Å². The second kappa shape index (κ2) is 37.8. The number of aryl methyl sites for hydroxylation is 10. The van der Waals surface area contributed by atoms with Gasteiger partial charge in [0, 0.05) is 25.9 Å². The average molecular weight is 1460 g/mol. The number of alkyl halides is 3. The molecule has 0 N–H and O–H groups in total. The summed E-state index contributed by atoms with van der Waals surface area (Å²) in [5.74, 6) is 3.40. The zero-order valence-corrected chi connectivity index (χ0v) is 72.1. The molecule has 4 aliphatic rings. The van der Waals surface area contributed by atoms with Gasteiger partial charge in [0.05, 0.1) is 20.6 Å². The molecule has 0 saturated heterocycles. The van der Waals surface area contributed by atoms with Crippen LogP contribution in [0.3, 0.4) is 0 Å². The Balaban J connectivity index is 0.000000189. The van der Waals surface area contributed by atoms with Crippen LogP contribution < -0.4 is 0 Å². The maximum Gasteiger partial charge on any atom is 0.394 e. The van der Waals surface area contributed by atoms with Gasteiger partial charge in [-0.3, -0.25) is 0 Å². The quantitative estimate of drug-likeness (QED) is 0.140. The number of aromatic nitrogens is 1. The first-order valence-corrected chi connectivity index (χ1v) is 42.0. The minimum Gasteiger partial charge on any atom is -0.241 e. The minimum atomic E-state index is -4.13. The third-order valence-corrected chi connectivity index (χ3v) is 26.0. The summed E-state index contributed by atoms with van der Waals surface area (Å²) >= 11 is 5.17. The normalized spacial score (nSPS) is 17.2. The monoisotopic (exact) mass is 1460 g/mol. The number of nitrogens with zero attached hydrogens (tertiary/aromatic N) is 1. The van der Waals surface area contributed by atoms with Gasteiger partial charge in [-0.05, 0) is 339 Å². The molecule has 103 heavy (non-hydrogen) atoms. The third kappa shape index (κ3) is 29.7. The number of hydrogen-bond donors (Lipinski definition) is 0. The molecule has 3 aromatic heterocycles. The van der Waals surface area contributed by atoms with Gasteiger partial charge in [0.15, 0.2) is 0 Å². The molecule has 0 atom stereocenters. The van der Waals surface area contributed by atoms with Crippen LogP contribution in [0.15, 0.2) is 109 Å². The van der Waals surface area contributed by atoms with Crippen LogP contribution in [0.2, 0.25) is 0 Å². The lowest BCUT2D eigenvalue weighted by Gasteiger charge is -2.34. The van der Waals surface area contributed by atoms with E-state index >= 15 is 0 Å². The molecule has 4 saturated carbocycles. The predicted molar refractivity (Wildman–Crippen MR) is 451 cm³/mol. The lowest BCUT2D eigenvalue weighted by molar-refractivity contribution is -0.210. The van der Waals surface area contributed by atoms with E-state index < -0.39 is 11.6 Å². The molecule has 12 rings (SSSR count). The second-order valence-corrected chi connectivity index (χ2v) is 41.6. The molecule has 0 aliphatic heterocycles. The van der Waals surface area contributed by atoms with E-state index in [0.29, 0.717) is 27.1 Å². The lowest BCUT2D eigenvalue weighted by atomic mass is 9.71. The van der Waals surface area contributed by atoms with E-state index in [4.69, 9.17) is 0 Å². The molecule has 0 unspecified atom stereocenters. The molecule has 0 bridgehead atoms. The van der Waals surface area contributed by atoms with Crippen LogP contribution in [0.5, 0.6) is 0 Å². The number of rotatable bonds is 9. The summed E-state index contributed by atoms with van der Waals surface area (Å²) in [6, 6.07) is 40.3. The summed E-state index contributed by atoms with van der Waals surface area (Å²) in [5, 5.41) is 1.25. The fourth-order valence-electron chi connectivity index (χ4n) is 15.0. The molecule has 1 nitrogen and oxygen atoms in total. The van der Waals surface area contributed by atoms with Gasteiger partial charge in [-0.15, -0.1) is 34.0 Å². The molecule has 3 heterocycles. The highest BCUT2D eigenvalue weighted by molar-refractivity contribution is 7.18. The SMILES string of the molecule is Cc1cc(C2CCC(C)(C)CC2)cc(C)c1C.Cc1cc(CC2CCCC2)cc(C)c1C.Cc1ccc(C2CCC(C)(C)CC2)cc1.Cc1ccc(C2CCC(C)(C)CC2)cc1C.Cc1ccc(CC(C)(C)C(F)(F)F)s1.Cc1ccc(CC(C)(C)C)s1.Cc1ccc2sc(CC(C)(C)C)nc2c1. The van der Waals surface area contributed by atoms with Gasteiger partial charge < -0.3 is 0 Å². The zero-order valence-electron chi connectivity index (χ0n) is 69.6. The van der Waals surface area contributed by atoms with Crippen LogP contribution in [0.4, 0.5) is 13.2 Å². The third-order valence-electron chi connectivity index (χ3n) is 22.9. The molecule has 0 amide bonds. The fourth-order valence-corrected chi connectivity index (χ4v) is 18.5. The van der Waals surface area contributed by atoms with Crippen molar-refractivity contribution in [1.29, 1.82) is 0 Å². The van der Waals surface area contributed by atoms with Crippen molar-refractivity contribution in [1.82, 2.24) is 4.98 Å². The molecular weight excluding hydrogens is 1320 g/mol. The van der Waals surface area contributed by atoms with Gasteiger partial charge in [-0.2, -0.15) is 13.2 Å². The maximum absolute atomic E-state index is 12.5. The second-order valence-electron chi connectivity index (χ2n) is 37.7. The topological polar surface area (TPSA) is 12.9 Å². The van der Waals surface area contributed by atoms with Crippen molar-refractivity contribution in [3.63, 3.8) is 0 Å². The maximum atomic E-state index is 12.5. The summed E-state index contributed by atoms with van der Waals surface area (Å²) < 4.78 is 38.9. The molecule has 8 aromatic rings. The molecular formula is C96H140F3NS3. The van der Waals surface area contributed by atoms with Crippen LogP contribution >= 0.6 is 34.0 Å². The van der Waals surface area contributed by atoms with Crippen LogP contribution in [0, 0.1) is 121 Å². The molecule has 5 aromatic carbocycles. The van der Waals surface area contributed by atoms with Crippen LogP contribution in [-0.2, 0) is 25.7 Å². The number of halogens is 3. The van der Waals surface area contributed by atoms with E-state index in [0.717, 1.165) is 45.4 Å². The van der Waals surface area contributed by atoms with E-state index in [9.17, 15) is 13.2 Å². The average Bonchev–Trinajstić information content (AvgIpc) is 1.77. The molecule has 0 spiro atoms. The number of thiazole rings is 1. The molecule has 4 fully saturated rings. The van der Waals surface area contributed by atoms with Crippen molar-refractivity contribution in [2.75, 3.05) is 0 Å².